The van der Waals surface area contributed by atoms with Gasteiger partial charge in [0.15, 0.2) is 0 Å². The Hall–Kier alpha value is -2.15. The van der Waals surface area contributed by atoms with Crippen LogP contribution in [0.15, 0.2) is 18.3 Å². The van der Waals surface area contributed by atoms with Crippen molar-refractivity contribution in [3.63, 3.8) is 0 Å². The molecule has 7 heteroatoms. The maximum absolute atomic E-state index is 11.7. The molecule has 0 bridgehead atoms. The number of nitrogens with two attached hydrogens (primary N) is 1. The summed E-state index contributed by atoms with van der Waals surface area (Å²) in [5.41, 5.74) is 5.87. The Balaban J connectivity index is 1.73. The highest BCUT2D eigenvalue weighted by Gasteiger charge is 2.33. The molecular weight excluding hydrogens is 284 g/mol. The van der Waals surface area contributed by atoms with Gasteiger partial charge in [-0.05, 0) is 18.6 Å². The lowest BCUT2D eigenvalue weighted by atomic mass is 10.2. The molecule has 0 spiro atoms. The highest BCUT2D eigenvalue weighted by atomic mass is 16.5. The van der Waals surface area contributed by atoms with Gasteiger partial charge < -0.3 is 15.4 Å². The molecule has 7 nitrogen and oxygen atoms in total. The molecule has 22 heavy (non-hydrogen) atoms. The Morgan fingerprint density at radius 1 is 1.32 bits per heavy atom. The highest BCUT2D eigenvalue weighted by molar-refractivity contribution is 5.97. The lowest BCUT2D eigenvalue weighted by molar-refractivity contribution is -0.142. The fourth-order valence-corrected chi connectivity index (χ4v) is 3.12. The maximum Gasteiger partial charge on any atom is 0.323 e. The van der Waals surface area contributed by atoms with E-state index in [1.54, 1.807) is 18.3 Å². The summed E-state index contributed by atoms with van der Waals surface area (Å²) >= 11 is 0. The van der Waals surface area contributed by atoms with Crippen LogP contribution in [0.4, 0.5) is 5.82 Å². The Kier molecular flexibility index (Phi) is 4.24. The standard InChI is InChI=1S/C15H20N4O3/c16-13(20)11-3-1-5-17-14(11)19-7-2-6-18(8-9-19)12-4-10-22-15(12)21/h1,3,5,12H,2,4,6-10H2,(H2,16,20). The number of carbonyl (C=O) groups excluding carboxylic acids is 2. The summed E-state index contributed by atoms with van der Waals surface area (Å²) in [5.74, 6) is 0.0403. The molecule has 0 radical (unpaired) electrons. The molecule has 2 aliphatic heterocycles. The van der Waals surface area contributed by atoms with E-state index in [9.17, 15) is 9.59 Å². The van der Waals surface area contributed by atoms with E-state index in [2.05, 4.69) is 14.8 Å². The molecule has 2 saturated heterocycles. The van der Waals surface area contributed by atoms with Crippen LogP contribution in [-0.2, 0) is 9.53 Å². The molecule has 1 aromatic heterocycles. The number of hydrogen-bond donors (Lipinski definition) is 1. The van der Waals surface area contributed by atoms with Crippen molar-refractivity contribution < 1.29 is 14.3 Å². The van der Waals surface area contributed by atoms with Gasteiger partial charge in [-0.15, -0.1) is 0 Å². The molecular formula is C15H20N4O3. The van der Waals surface area contributed by atoms with Gasteiger partial charge in [-0.2, -0.15) is 0 Å². The molecule has 0 aliphatic carbocycles. The van der Waals surface area contributed by atoms with Crippen molar-refractivity contribution in [3.05, 3.63) is 23.9 Å². The second-order valence-corrected chi connectivity index (χ2v) is 5.59. The average molecular weight is 304 g/mol. The minimum Gasteiger partial charge on any atom is -0.464 e. The van der Waals surface area contributed by atoms with Crippen molar-refractivity contribution in [3.8, 4) is 0 Å². The number of pyridine rings is 1. The molecule has 1 atom stereocenters. The van der Waals surface area contributed by atoms with E-state index < -0.39 is 5.91 Å². The topological polar surface area (TPSA) is 88.8 Å². The number of rotatable bonds is 3. The van der Waals surface area contributed by atoms with E-state index in [0.29, 0.717) is 24.5 Å². The van der Waals surface area contributed by atoms with Crippen LogP contribution in [0.2, 0.25) is 0 Å². The van der Waals surface area contributed by atoms with Gasteiger partial charge in [0.2, 0.25) is 0 Å². The van der Waals surface area contributed by atoms with E-state index in [1.807, 2.05) is 0 Å². The highest BCUT2D eigenvalue weighted by Crippen LogP contribution is 2.21. The summed E-state index contributed by atoms with van der Waals surface area (Å²) in [5, 5.41) is 0. The number of cyclic esters (lactones) is 1. The molecule has 0 aromatic carbocycles. The zero-order valence-corrected chi connectivity index (χ0v) is 12.4. The number of anilines is 1. The van der Waals surface area contributed by atoms with Crippen molar-refractivity contribution in [1.29, 1.82) is 0 Å². The van der Waals surface area contributed by atoms with Crippen molar-refractivity contribution in [1.82, 2.24) is 9.88 Å². The Morgan fingerprint density at radius 3 is 2.91 bits per heavy atom. The number of ether oxygens (including phenoxy) is 1. The second-order valence-electron chi connectivity index (χ2n) is 5.59. The zero-order valence-electron chi connectivity index (χ0n) is 12.4. The molecule has 1 unspecified atom stereocenters. The Morgan fingerprint density at radius 2 is 2.18 bits per heavy atom. The normalized spacial score (nSPS) is 23.2. The molecule has 2 aliphatic rings. The number of carbonyl (C=O) groups is 2. The largest absolute Gasteiger partial charge is 0.464 e. The van der Waals surface area contributed by atoms with Crippen LogP contribution >= 0.6 is 0 Å². The number of hydrogen-bond acceptors (Lipinski definition) is 6. The molecule has 1 amide bonds. The first-order valence-electron chi connectivity index (χ1n) is 7.57. The van der Waals surface area contributed by atoms with Crippen molar-refractivity contribution >= 4 is 17.7 Å². The van der Waals surface area contributed by atoms with Gasteiger partial charge in [-0.25, -0.2) is 4.98 Å². The third kappa shape index (κ3) is 2.89. The third-order valence-electron chi connectivity index (χ3n) is 4.23. The predicted octanol–water partition coefficient (Wildman–Crippen LogP) is 0.00810. The Labute approximate surface area is 129 Å². The van der Waals surface area contributed by atoms with Crippen LogP contribution < -0.4 is 10.6 Å². The van der Waals surface area contributed by atoms with Gasteiger partial charge in [0, 0.05) is 38.8 Å². The zero-order chi connectivity index (χ0) is 15.5. The second kappa shape index (κ2) is 6.31. The van der Waals surface area contributed by atoms with Gasteiger partial charge in [0.1, 0.15) is 11.9 Å². The lowest BCUT2D eigenvalue weighted by Gasteiger charge is -2.25. The number of primary amides is 1. The van der Waals surface area contributed by atoms with Crippen molar-refractivity contribution in [2.75, 3.05) is 37.7 Å². The van der Waals surface area contributed by atoms with E-state index in [4.69, 9.17) is 10.5 Å². The van der Waals surface area contributed by atoms with E-state index >= 15 is 0 Å². The summed E-state index contributed by atoms with van der Waals surface area (Å²) in [7, 11) is 0. The molecule has 2 fully saturated rings. The first-order chi connectivity index (χ1) is 10.7. The molecule has 118 valence electrons. The first-order valence-corrected chi connectivity index (χ1v) is 7.57. The van der Waals surface area contributed by atoms with Gasteiger partial charge in [-0.3, -0.25) is 14.5 Å². The fraction of sp³-hybridized carbons (Fsp3) is 0.533. The number of esters is 1. The van der Waals surface area contributed by atoms with Crippen LogP contribution in [0.1, 0.15) is 23.2 Å². The van der Waals surface area contributed by atoms with Crippen LogP contribution in [0, 0.1) is 0 Å². The van der Waals surface area contributed by atoms with Crippen LogP contribution in [0.3, 0.4) is 0 Å². The monoisotopic (exact) mass is 304 g/mol. The SMILES string of the molecule is NC(=O)c1cccnc1N1CCCN(C2CCOC2=O)CC1. The summed E-state index contributed by atoms with van der Waals surface area (Å²) in [4.78, 5) is 31.8. The Bertz CT molecular complexity index is 578. The number of aromatic nitrogens is 1. The molecule has 2 N–H and O–H groups in total. The predicted molar refractivity (Wildman–Crippen MR) is 80.5 cm³/mol. The third-order valence-corrected chi connectivity index (χ3v) is 4.23. The van der Waals surface area contributed by atoms with E-state index in [-0.39, 0.29) is 12.0 Å². The van der Waals surface area contributed by atoms with Crippen LogP contribution in [0.5, 0.6) is 0 Å². The molecule has 3 heterocycles. The maximum atomic E-state index is 11.7. The fourth-order valence-electron chi connectivity index (χ4n) is 3.12. The van der Waals surface area contributed by atoms with Crippen molar-refractivity contribution in [2.45, 2.75) is 18.9 Å². The number of nitrogens with zero attached hydrogens (tertiary/aromatic N) is 3. The van der Waals surface area contributed by atoms with E-state index in [1.165, 1.54) is 0 Å². The minimum atomic E-state index is -0.469. The molecule has 3 rings (SSSR count). The summed E-state index contributed by atoms with van der Waals surface area (Å²) < 4.78 is 5.05. The van der Waals surface area contributed by atoms with Crippen LogP contribution in [0.25, 0.3) is 0 Å². The van der Waals surface area contributed by atoms with Crippen molar-refractivity contribution in [2.24, 2.45) is 5.73 Å². The lowest BCUT2D eigenvalue weighted by Crippen LogP contribution is -2.41. The average Bonchev–Trinajstić information content (AvgIpc) is 2.81. The summed E-state index contributed by atoms with van der Waals surface area (Å²) in [6.07, 6.45) is 3.33. The van der Waals surface area contributed by atoms with Gasteiger partial charge in [-0.1, -0.05) is 0 Å². The van der Waals surface area contributed by atoms with Gasteiger partial charge in [0.05, 0.1) is 12.2 Å². The van der Waals surface area contributed by atoms with Gasteiger partial charge >= 0.3 is 5.97 Å². The van der Waals surface area contributed by atoms with Gasteiger partial charge in [0.25, 0.3) is 5.91 Å². The molecule has 0 saturated carbocycles. The first kappa shape index (κ1) is 14.8. The molecule has 1 aromatic rings. The van der Waals surface area contributed by atoms with Crippen LogP contribution in [-0.4, -0.2) is 60.6 Å². The quantitative estimate of drug-likeness (QED) is 0.791. The smallest absolute Gasteiger partial charge is 0.323 e. The summed E-state index contributed by atoms with van der Waals surface area (Å²) in [6.45, 7) is 3.59. The number of amides is 1. The summed E-state index contributed by atoms with van der Waals surface area (Å²) in [6, 6.07) is 3.28. The minimum absolute atomic E-state index is 0.121. The van der Waals surface area contributed by atoms with E-state index in [0.717, 1.165) is 32.5 Å².